The third kappa shape index (κ3) is 4.88. The van der Waals surface area contributed by atoms with Gasteiger partial charge in [0.05, 0.1) is 13.2 Å². The number of ether oxygens (including phenoxy) is 2. The van der Waals surface area contributed by atoms with Crippen molar-refractivity contribution < 1.29 is 18.7 Å². The van der Waals surface area contributed by atoms with Crippen LogP contribution < -0.4 is 15.4 Å². The summed E-state index contributed by atoms with van der Waals surface area (Å²) < 4.78 is 24.6. The minimum Gasteiger partial charge on any atom is -0.467 e. The monoisotopic (exact) mass is 378 g/mol. The number of guanidine groups is 1. The van der Waals surface area contributed by atoms with E-state index in [0.717, 1.165) is 13.0 Å². The zero-order valence-electron chi connectivity index (χ0n) is 15.9. The maximum atomic E-state index is 13.9. The van der Waals surface area contributed by atoms with Gasteiger partial charge in [0.2, 0.25) is 5.91 Å². The molecule has 2 N–H and O–H groups in total. The molecule has 0 saturated carbocycles. The van der Waals surface area contributed by atoms with Crippen molar-refractivity contribution in [3.05, 3.63) is 29.1 Å². The molecule has 2 heterocycles. The number of nitrogens with zero attached hydrogens (tertiary/aromatic N) is 2. The van der Waals surface area contributed by atoms with Gasteiger partial charge < -0.3 is 25.0 Å². The lowest BCUT2D eigenvalue weighted by molar-refractivity contribution is -0.129. The van der Waals surface area contributed by atoms with Crippen LogP contribution in [0.15, 0.2) is 17.1 Å². The lowest BCUT2D eigenvalue weighted by Crippen LogP contribution is -2.45. The Labute approximate surface area is 158 Å². The van der Waals surface area contributed by atoms with Gasteiger partial charge in [0.1, 0.15) is 11.6 Å². The second kappa shape index (κ2) is 9.03. The van der Waals surface area contributed by atoms with E-state index < -0.39 is 0 Å². The number of aliphatic imine (C=N–C) groups is 1. The molecule has 2 aliphatic heterocycles. The number of carbonyl (C=O) groups excluding carboxylic acids is 1. The van der Waals surface area contributed by atoms with Crippen LogP contribution in [-0.2, 0) is 22.7 Å². The molecule has 0 aliphatic carbocycles. The molecule has 1 fully saturated rings. The number of fused-ring (bicyclic) bond motifs is 1. The van der Waals surface area contributed by atoms with Crippen molar-refractivity contribution >= 4 is 11.9 Å². The molecule has 3 rings (SSSR count). The van der Waals surface area contributed by atoms with E-state index in [1.165, 1.54) is 12.1 Å². The summed E-state index contributed by atoms with van der Waals surface area (Å²) in [5, 5.41) is 6.59. The molecular weight excluding hydrogens is 351 g/mol. The Balaban J connectivity index is 1.68. The molecule has 0 bridgehead atoms. The van der Waals surface area contributed by atoms with Crippen LogP contribution in [-0.4, -0.2) is 49.2 Å². The molecule has 0 spiro atoms. The third-order valence-corrected chi connectivity index (χ3v) is 4.69. The van der Waals surface area contributed by atoms with Crippen LogP contribution in [0.3, 0.4) is 0 Å². The van der Waals surface area contributed by atoms with Gasteiger partial charge in [-0.3, -0.25) is 4.79 Å². The average molecular weight is 378 g/mol. The van der Waals surface area contributed by atoms with E-state index in [1.54, 1.807) is 0 Å². The lowest BCUT2D eigenvalue weighted by Gasteiger charge is -2.21. The Hall–Kier alpha value is -2.35. The van der Waals surface area contributed by atoms with Gasteiger partial charge in [0.15, 0.2) is 12.8 Å². The van der Waals surface area contributed by atoms with Crippen molar-refractivity contribution in [2.24, 2.45) is 4.99 Å². The minimum atomic E-state index is -0.324. The normalized spacial score (nSPS) is 19.4. The molecule has 1 atom stereocenters. The second-order valence-corrected chi connectivity index (χ2v) is 6.68. The highest BCUT2D eigenvalue weighted by Crippen LogP contribution is 2.29. The van der Waals surface area contributed by atoms with Crippen molar-refractivity contribution in [2.75, 3.05) is 26.4 Å². The van der Waals surface area contributed by atoms with Crippen LogP contribution in [0.25, 0.3) is 0 Å². The number of rotatable bonds is 5. The van der Waals surface area contributed by atoms with E-state index >= 15 is 0 Å². The van der Waals surface area contributed by atoms with Crippen LogP contribution in [0.5, 0.6) is 5.75 Å². The number of carbonyl (C=O) groups is 1. The summed E-state index contributed by atoms with van der Waals surface area (Å²) >= 11 is 0. The van der Waals surface area contributed by atoms with Crippen LogP contribution >= 0.6 is 0 Å². The predicted octanol–water partition coefficient (Wildman–Crippen LogP) is 1.76. The first kappa shape index (κ1) is 19.4. The van der Waals surface area contributed by atoms with Gasteiger partial charge in [-0.2, -0.15) is 0 Å². The minimum absolute atomic E-state index is 0.157. The molecule has 1 aromatic carbocycles. The van der Waals surface area contributed by atoms with Crippen LogP contribution in [0, 0.1) is 5.82 Å². The molecule has 1 saturated heterocycles. The maximum Gasteiger partial charge on any atom is 0.222 e. The van der Waals surface area contributed by atoms with E-state index in [1.807, 2.05) is 18.7 Å². The fraction of sp³-hybridized carbons (Fsp3) is 0.579. The highest BCUT2D eigenvalue weighted by Gasteiger charge is 2.26. The Morgan fingerprint density at radius 2 is 2.26 bits per heavy atom. The number of halogens is 1. The summed E-state index contributed by atoms with van der Waals surface area (Å²) in [6.07, 6.45) is 1.40. The third-order valence-electron chi connectivity index (χ3n) is 4.69. The molecule has 8 heteroatoms. The Bertz CT molecular complexity index is 710. The maximum absolute atomic E-state index is 13.9. The number of nitrogens with one attached hydrogen (secondary N) is 2. The number of amides is 1. The van der Waals surface area contributed by atoms with Gasteiger partial charge in [-0.25, -0.2) is 9.38 Å². The first-order valence-corrected chi connectivity index (χ1v) is 9.45. The summed E-state index contributed by atoms with van der Waals surface area (Å²) in [5.41, 5.74) is 1.40. The number of benzene rings is 1. The van der Waals surface area contributed by atoms with Crippen molar-refractivity contribution in [3.63, 3.8) is 0 Å². The topological polar surface area (TPSA) is 75.2 Å². The van der Waals surface area contributed by atoms with Crippen molar-refractivity contribution in [1.29, 1.82) is 0 Å². The smallest absolute Gasteiger partial charge is 0.222 e. The van der Waals surface area contributed by atoms with E-state index in [9.17, 15) is 9.18 Å². The van der Waals surface area contributed by atoms with Crippen molar-refractivity contribution in [1.82, 2.24) is 15.5 Å². The van der Waals surface area contributed by atoms with E-state index in [4.69, 9.17) is 9.47 Å². The average Bonchev–Trinajstić information content (AvgIpc) is 3.13. The number of hydrogen-bond acceptors (Lipinski definition) is 4. The standard InChI is InChI=1S/C19H27FN4O3/c1-3-17(25)24-6-5-16(10-24)23-19(21-4-2)22-9-13-7-15(20)8-14-11-26-12-27-18(13)14/h7-8,16H,3-6,9-12H2,1-2H3,(H2,21,22,23). The summed E-state index contributed by atoms with van der Waals surface area (Å²) in [6, 6.07) is 3.04. The molecule has 0 aromatic heterocycles. The first-order chi connectivity index (χ1) is 13.1. The molecule has 148 valence electrons. The molecule has 1 amide bonds. The molecule has 27 heavy (non-hydrogen) atoms. The number of likely N-dealkylation sites (tertiary alicyclic amines) is 1. The first-order valence-electron chi connectivity index (χ1n) is 9.45. The van der Waals surface area contributed by atoms with Crippen LogP contribution in [0.1, 0.15) is 37.8 Å². The zero-order valence-corrected chi connectivity index (χ0v) is 15.9. The van der Waals surface area contributed by atoms with Gasteiger partial charge in [-0.1, -0.05) is 6.92 Å². The van der Waals surface area contributed by atoms with E-state index in [0.29, 0.717) is 55.5 Å². The SMILES string of the molecule is CCNC(=NCc1cc(F)cc2c1OCOC2)NC1CCN(C(=O)CC)C1. The van der Waals surface area contributed by atoms with E-state index in [2.05, 4.69) is 15.6 Å². The molecule has 2 aliphatic rings. The molecule has 0 radical (unpaired) electrons. The fourth-order valence-electron chi connectivity index (χ4n) is 3.38. The largest absolute Gasteiger partial charge is 0.467 e. The molecular formula is C19H27FN4O3. The Morgan fingerprint density at radius 1 is 1.41 bits per heavy atom. The summed E-state index contributed by atoms with van der Waals surface area (Å²) in [6.45, 7) is 6.80. The zero-order chi connectivity index (χ0) is 19.2. The molecule has 7 nitrogen and oxygen atoms in total. The molecule has 1 unspecified atom stereocenters. The van der Waals surface area contributed by atoms with Gasteiger partial charge in [-0.05, 0) is 25.5 Å². The fourth-order valence-corrected chi connectivity index (χ4v) is 3.38. The Kier molecular flexibility index (Phi) is 6.49. The quantitative estimate of drug-likeness (QED) is 0.603. The highest BCUT2D eigenvalue weighted by atomic mass is 19.1. The lowest BCUT2D eigenvalue weighted by atomic mass is 10.1. The predicted molar refractivity (Wildman–Crippen MR) is 99.9 cm³/mol. The van der Waals surface area contributed by atoms with Gasteiger partial charge in [0, 0.05) is 43.2 Å². The molecule has 1 aromatic rings. The van der Waals surface area contributed by atoms with Gasteiger partial charge >= 0.3 is 0 Å². The van der Waals surface area contributed by atoms with Crippen molar-refractivity contribution in [3.8, 4) is 5.75 Å². The summed E-state index contributed by atoms with van der Waals surface area (Å²) in [4.78, 5) is 18.3. The van der Waals surface area contributed by atoms with E-state index in [-0.39, 0.29) is 24.6 Å². The number of hydrogen-bond donors (Lipinski definition) is 2. The highest BCUT2D eigenvalue weighted by molar-refractivity contribution is 5.80. The van der Waals surface area contributed by atoms with Gasteiger partial charge in [0.25, 0.3) is 0 Å². The van der Waals surface area contributed by atoms with Gasteiger partial charge in [-0.15, -0.1) is 0 Å². The summed E-state index contributed by atoms with van der Waals surface area (Å²) in [7, 11) is 0. The Morgan fingerprint density at radius 3 is 3.04 bits per heavy atom. The second-order valence-electron chi connectivity index (χ2n) is 6.68. The van der Waals surface area contributed by atoms with Crippen LogP contribution in [0.2, 0.25) is 0 Å². The van der Waals surface area contributed by atoms with Crippen molar-refractivity contribution in [2.45, 2.75) is 45.9 Å². The van der Waals surface area contributed by atoms with Crippen LogP contribution in [0.4, 0.5) is 4.39 Å². The summed E-state index contributed by atoms with van der Waals surface area (Å²) in [5.74, 6) is 1.16.